The normalized spacial score (nSPS) is 22.4. The van der Waals surface area contributed by atoms with E-state index in [4.69, 9.17) is 9.08 Å². The van der Waals surface area contributed by atoms with Gasteiger partial charge in [0.2, 0.25) is 11.8 Å². The molecular weight excluding hydrogens is 677 g/mol. The first-order valence-corrected chi connectivity index (χ1v) is 20.9. The maximum absolute atomic E-state index is 13.7. The monoisotopic (exact) mass is 727 g/mol. The van der Waals surface area contributed by atoms with Gasteiger partial charge in [-0.15, -0.1) is 0 Å². The van der Waals surface area contributed by atoms with Gasteiger partial charge in [0.15, 0.2) is 0 Å². The van der Waals surface area contributed by atoms with E-state index in [1.165, 1.54) is 20.8 Å². The van der Waals surface area contributed by atoms with Crippen molar-refractivity contribution < 1.29 is 28.8 Å². The minimum absolute atomic E-state index is 0.156. The average molecular weight is 728 g/mol. The van der Waals surface area contributed by atoms with Crippen LogP contribution in [0.3, 0.4) is 0 Å². The molecule has 0 spiro atoms. The first-order chi connectivity index (χ1) is 25.4. The molecule has 7 nitrogen and oxygen atoms in total. The Labute approximate surface area is 314 Å². The average Bonchev–Trinajstić information content (AvgIpc) is 3.37. The van der Waals surface area contributed by atoms with Crippen molar-refractivity contribution in [2.45, 2.75) is 70.8 Å². The number of phenolic OH excluding ortho intramolecular Hbond substituents is 1. The van der Waals surface area contributed by atoms with Gasteiger partial charge in [-0.1, -0.05) is 130 Å². The second kappa shape index (κ2) is 14.9. The van der Waals surface area contributed by atoms with E-state index in [-0.39, 0.29) is 34.8 Å². The predicted octanol–water partition coefficient (Wildman–Crippen LogP) is 7.12. The first kappa shape index (κ1) is 37.1. The number of likely N-dealkylation sites (tertiary alicyclic amines) is 1. The zero-order chi connectivity index (χ0) is 37.5. The predicted molar refractivity (Wildman–Crippen MR) is 214 cm³/mol. The summed E-state index contributed by atoms with van der Waals surface area (Å²) in [7, 11) is -2.39. The lowest BCUT2D eigenvalue weighted by Crippen LogP contribution is -2.66. The smallest absolute Gasteiger partial charge is 0.455 e. The van der Waals surface area contributed by atoms with E-state index in [9.17, 15) is 19.7 Å². The number of aromatic hydroxyl groups is 1. The van der Waals surface area contributed by atoms with Gasteiger partial charge in [0.1, 0.15) is 5.75 Å². The molecular formula is C44H50BNO6Si. The molecule has 4 aromatic rings. The number of phenols is 1. The number of amides is 2. The van der Waals surface area contributed by atoms with Crippen LogP contribution >= 0.6 is 0 Å². The summed E-state index contributed by atoms with van der Waals surface area (Å²) < 4.78 is 13.9. The molecule has 2 saturated heterocycles. The highest BCUT2D eigenvalue weighted by atomic mass is 28.4. The Morgan fingerprint density at radius 1 is 0.906 bits per heavy atom. The van der Waals surface area contributed by atoms with Gasteiger partial charge in [0, 0.05) is 12.4 Å². The van der Waals surface area contributed by atoms with Gasteiger partial charge in [-0.2, -0.15) is 0 Å². The SMILES string of the molecule is CC/C(=C\c1ccc(O)c2ccccc12)CC[C@H]1OB(O)C[C@H]2C1=C(CO[Si](c1ccccc1)(c1ccccc1)C(C)(C)C)C[C@H]1C(=O)N(C)C(=O)[C@H]12. The van der Waals surface area contributed by atoms with Gasteiger partial charge in [0.25, 0.3) is 8.32 Å². The van der Waals surface area contributed by atoms with E-state index in [1.807, 2.05) is 42.5 Å². The third-order valence-corrected chi connectivity index (χ3v) is 16.9. The minimum Gasteiger partial charge on any atom is -0.507 e. The van der Waals surface area contributed by atoms with Crippen molar-refractivity contribution >= 4 is 54.5 Å². The fourth-order valence-electron chi connectivity index (χ4n) is 9.33. The molecule has 3 aliphatic rings. The van der Waals surface area contributed by atoms with Crippen LogP contribution in [0.5, 0.6) is 5.75 Å². The Kier molecular flexibility index (Phi) is 10.4. The van der Waals surface area contributed by atoms with Crippen molar-refractivity contribution in [1.82, 2.24) is 4.90 Å². The summed E-state index contributed by atoms with van der Waals surface area (Å²) in [5.74, 6) is -1.40. The third-order valence-electron chi connectivity index (χ3n) is 11.9. The fraction of sp³-hybridized carbons (Fsp3) is 0.364. The lowest BCUT2D eigenvalue weighted by Gasteiger charge is -2.46. The van der Waals surface area contributed by atoms with Gasteiger partial charge >= 0.3 is 7.12 Å². The number of allylic oxidation sites excluding steroid dienone is 1. The summed E-state index contributed by atoms with van der Waals surface area (Å²) in [5.41, 5.74) is 4.29. The van der Waals surface area contributed by atoms with E-state index >= 15 is 0 Å². The summed E-state index contributed by atoms with van der Waals surface area (Å²) in [6.45, 7) is 9.20. The molecule has 0 saturated carbocycles. The van der Waals surface area contributed by atoms with Gasteiger partial charge in [-0.25, -0.2) is 0 Å². The summed E-state index contributed by atoms with van der Waals surface area (Å²) in [6.07, 6.45) is 4.58. The number of hydrogen-bond donors (Lipinski definition) is 2. The highest BCUT2D eigenvalue weighted by Gasteiger charge is 2.57. The molecule has 4 atom stereocenters. The van der Waals surface area contributed by atoms with Crippen LogP contribution < -0.4 is 10.4 Å². The van der Waals surface area contributed by atoms with Crippen molar-refractivity contribution in [2.24, 2.45) is 17.8 Å². The maximum Gasteiger partial charge on any atom is 0.455 e. The van der Waals surface area contributed by atoms with Crippen molar-refractivity contribution in [3.63, 3.8) is 0 Å². The van der Waals surface area contributed by atoms with E-state index in [0.29, 0.717) is 25.9 Å². The van der Waals surface area contributed by atoms with Crippen molar-refractivity contribution in [3.05, 3.63) is 119 Å². The fourth-order valence-corrected chi connectivity index (χ4v) is 13.9. The Bertz CT molecular complexity index is 2020. The van der Waals surface area contributed by atoms with E-state index in [2.05, 4.69) is 82.3 Å². The van der Waals surface area contributed by atoms with E-state index < -0.39 is 33.4 Å². The molecule has 53 heavy (non-hydrogen) atoms. The second-order valence-electron chi connectivity index (χ2n) is 15.9. The number of carbonyl (C=O) groups is 2. The number of nitrogens with zero attached hydrogens (tertiary/aromatic N) is 1. The van der Waals surface area contributed by atoms with Crippen molar-refractivity contribution in [3.8, 4) is 5.75 Å². The number of fused-ring (bicyclic) bond motifs is 4. The molecule has 2 fully saturated rings. The largest absolute Gasteiger partial charge is 0.507 e. The van der Waals surface area contributed by atoms with Crippen LogP contribution in [0.4, 0.5) is 0 Å². The molecule has 1 aliphatic carbocycles. The van der Waals surface area contributed by atoms with Crippen molar-refractivity contribution in [1.29, 1.82) is 0 Å². The molecule has 2 aliphatic heterocycles. The molecule has 7 rings (SSSR count). The zero-order valence-electron chi connectivity index (χ0n) is 31.4. The van der Waals surface area contributed by atoms with E-state index in [1.54, 1.807) is 13.1 Å². The standard InChI is InChI=1S/C44H50BNO6Si/c1-6-29(25-30-22-23-38(47)35-20-14-13-19-34(30)35)21-24-39-40-31(26-36-41(37(40)27-45(50)52-39)43(49)46(5)42(36)48)28-51-53(44(2,3)4,32-15-9-7-10-16-32)33-17-11-8-12-18-33/h7-20,22-23,25,36-37,39,41,47,50H,6,21,24,26-28H2,1-5H3/b29-25+/t36-,37+,39-,41-/m1/s1. The molecule has 0 bridgehead atoms. The maximum atomic E-state index is 13.7. The molecule has 2 amide bonds. The minimum atomic E-state index is -2.93. The Morgan fingerprint density at radius 3 is 2.15 bits per heavy atom. The zero-order valence-corrected chi connectivity index (χ0v) is 32.4. The van der Waals surface area contributed by atoms with Crippen LogP contribution in [0.1, 0.15) is 58.9 Å². The highest BCUT2D eigenvalue weighted by molar-refractivity contribution is 6.99. The van der Waals surface area contributed by atoms with Crippen LogP contribution in [0.2, 0.25) is 11.4 Å². The van der Waals surface area contributed by atoms with Crippen LogP contribution in [0.25, 0.3) is 16.8 Å². The molecule has 4 aromatic carbocycles. The quantitative estimate of drug-likeness (QED) is 0.103. The summed E-state index contributed by atoms with van der Waals surface area (Å²) >= 11 is 0. The molecule has 2 N–H and O–H groups in total. The lowest BCUT2D eigenvalue weighted by molar-refractivity contribution is -0.138. The molecule has 274 valence electrons. The number of rotatable bonds is 10. The molecule has 2 heterocycles. The number of carbonyl (C=O) groups excluding carboxylic acids is 2. The topological polar surface area (TPSA) is 96.3 Å². The Balaban J connectivity index is 1.29. The van der Waals surface area contributed by atoms with Crippen LogP contribution in [-0.2, 0) is 18.7 Å². The van der Waals surface area contributed by atoms with Crippen molar-refractivity contribution in [2.75, 3.05) is 13.7 Å². The van der Waals surface area contributed by atoms with Gasteiger partial charge < -0.3 is 19.2 Å². The summed E-state index contributed by atoms with van der Waals surface area (Å²) in [6, 6.07) is 32.6. The van der Waals surface area contributed by atoms with Crippen LogP contribution in [-0.4, -0.2) is 62.0 Å². The number of hydrogen-bond acceptors (Lipinski definition) is 6. The van der Waals surface area contributed by atoms with Crippen LogP contribution in [0, 0.1) is 17.8 Å². The third kappa shape index (κ3) is 6.73. The second-order valence-corrected chi connectivity index (χ2v) is 20.2. The summed E-state index contributed by atoms with van der Waals surface area (Å²) in [4.78, 5) is 28.6. The lowest BCUT2D eigenvalue weighted by atomic mass is 9.58. The number of imide groups is 1. The van der Waals surface area contributed by atoms with Gasteiger partial charge in [-0.05, 0) is 81.5 Å². The van der Waals surface area contributed by atoms with Gasteiger partial charge in [-0.3, -0.25) is 14.5 Å². The molecule has 0 aromatic heterocycles. The Hall–Kier alpha value is -4.28. The number of benzene rings is 4. The summed E-state index contributed by atoms with van der Waals surface area (Å²) in [5, 5.41) is 25.6. The molecule has 0 unspecified atom stereocenters. The molecule has 9 heteroatoms. The van der Waals surface area contributed by atoms with Crippen LogP contribution in [0.15, 0.2) is 114 Å². The molecule has 0 radical (unpaired) electrons. The van der Waals surface area contributed by atoms with Gasteiger partial charge in [0.05, 0.1) is 24.5 Å². The first-order valence-electron chi connectivity index (χ1n) is 19.0. The van der Waals surface area contributed by atoms with E-state index in [0.717, 1.165) is 33.9 Å². The Morgan fingerprint density at radius 2 is 1.53 bits per heavy atom. The highest BCUT2D eigenvalue weighted by Crippen LogP contribution is 2.51.